The second kappa shape index (κ2) is 11.2. The van der Waals surface area contributed by atoms with Gasteiger partial charge in [-0.3, -0.25) is 0 Å². The molecule has 11 aromatic rings. The van der Waals surface area contributed by atoms with Crippen LogP contribution in [0.15, 0.2) is 180 Å². The third kappa shape index (κ3) is 4.34. The van der Waals surface area contributed by atoms with Gasteiger partial charge in [0.2, 0.25) is 0 Å². The van der Waals surface area contributed by atoms with Gasteiger partial charge in [-0.1, -0.05) is 133 Å². The van der Waals surface area contributed by atoms with E-state index < -0.39 is 0 Å². The van der Waals surface area contributed by atoms with Gasteiger partial charge < -0.3 is 8.98 Å². The van der Waals surface area contributed by atoms with Crippen LogP contribution in [0.4, 0.5) is 0 Å². The quantitative estimate of drug-likeness (QED) is 0.188. The van der Waals surface area contributed by atoms with Gasteiger partial charge in [-0.05, 0) is 59.0 Å². The standard InChI is InChI=1S/C48H29N3O/c1-2-12-30(13-3-1)31-22-24-32(25-23-31)46-38-18-6-9-19-41(38)49-48(50-46)40-28-33-14-4-5-15-35(33)47-45(40)39-29-34(26-27-44(39)52-47)51-42-20-10-7-16-36(42)37-17-8-11-21-43(37)51/h1-29H. The summed E-state index contributed by atoms with van der Waals surface area (Å²) < 4.78 is 9.12. The lowest BCUT2D eigenvalue weighted by Crippen LogP contribution is -1.96. The first-order valence-electron chi connectivity index (χ1n) is 17.6. The first-order chi connectivity index (χ1) is 25.8. The Hall–Kier alpha value is -7.04. The first-order valence-corrected chi connectivity index (χ1v) is 17.6. The van der Waals surface area contributed by atoms with E-state index in [-0.39, 0.29) is 0 Å². The van der Waals surface area contributed by atoms with Crippen molar-refractivity contribution < 1.29 is 4.42 Å². The van der Waals surface area contributed by atoms with Crippen molar-refractivity contribution in [3.63, 3.8) is 0 Å². The van der Waals surface area contributed by atoms with Gasteiger partial charge in [0.05, 0.1) is 22.2 Å². The molecule has 0 N–H and O–H groups in total. The normalized spacial score (nSPS) is 11.8. The molecule has 11 rings (SSSR count). The Morgan fingerprint density at radius 1 is 0.442 bits per heavy atom. The predicted molar refractivity (Wildman–Crippen MR) is 215 cm³/mol. The summed E-state index contributed by atoms with van der Waals surface area (Å²) in [5.41, 5.74) is 11.2. The molecule has 0 radical (unpaired) electrons. The number of furan rings is 1. The molecule has 3 aromatic heterocycles. The number of rotatable bonds is 4. The van der Waals surface area contributed by atoms with Crippen LogP contribution in [0.3, 0.4) is 0 Å². The smallest absolute Gasteiger partial charge is 0.161 e. The highest BCUT2D eigenvalue weighted by Crippen LogP contribution is 2.43. The van der Waals surface area contributed by atoms with Gasteiger partial charge in [-0.2, -0.15) is 0 Å². The minimum Gasteiger partial charge on any atom is -0.455 e. The van der Waals surface area contributed by atoms with E-state index in [1.807, 2.05) is 12.1 Å². The molecule has 8 aromatic carbocycles. The molecule has 0 aliphatic rings. The molecule has 0 aliphatic heterocycles. The Kier molecular flexibility index (Phi) is 6.22. The molecule has 0 spiro atoms. The largest absolute Gasteiger partial charge is 0.455 e. The van der Waals surface area contributed by atoms with Crippen molar-refractivity contribution in [2.45, 2.75) is 0 Å². The summed E-state index contributed by atoms with van der Waals surface area (Å²) in [4.78, 5) is 10.6. The van der Waals surface area contributed by atoms with Crippen LogP contribution in [0.1, 0.15) is 0 Å². The van der Waals surface area contributed by atoms with Gasteiger partial charge in [0, 0.05) is 49.1 Å². The van der Waals surface area contributed by atoms with Crippen LogP contribution in [0.5, 0.6) is 0 Å². The Balaban J connectivity index is 1.18. The number of hydrogen-bond acceptors (Lipinski definition) is 3. The summed E-state index contributed by atoms with van der Waals surface area (Å²) in [5, 5.41) is 7.66. The molecule has 0 atom stereocenters. The number of fused-ring (bicyclic) bond motifs is 9. The molecule has 0 saturated heterocycles. The molecule has 0 fully saturated rings. The first kappa shape index (κ1) is 28.8. The molecule has 0 amide bonds. The molecule has 242 valence electrons. The van der Waals surface area contributed by atoms with E-state index >= 15 is 0 Å². The number of nitrogens with zero attached hydrogens (tertiary/aromatic N) is 3. The lowest BCUT2D eigenvalue weighted by molar-refractivity contribution is 0.672. The molecule has 0 bridgehead atoms. The van der Waals surface area contributed by atoms with Gasteiger partial charge in [-0.25, -0.2) is 9.97 Å². The van der Waals surface area contributed by atoms with Crippen LogP contribution in [0.25, 0.3) is 105 Å². The lowest BCUT2D eigenvalue weighted by Gasteiger charge is -2.12. The molecule has 0 aliphatic carbocycles. The Morgan fingerprint density at radius 3 is 1.83 bits per heavy atom. The van der Waals surface area contributed by atoms with Crippen LogP contribution in [0, 0.1) is 0 Å². The zero-order chi connectivity index (χ0) is 34.2. The van der Waals surface area contributed by atoms with Crippen LogP contribution in [-0.4, -0.2) is 14.5 Å². The van der Waals surface area contributed by atoms with E-state index in [9.17, 15) is 0 Å². The van der Waals surface area contributed by atoms with Gasteiger partial charge in [0.15, 0.2) is 5.82 Å². The number of para-hydroxylation sites is 3. The summed E-state index contributed by atoms with van der Waals surface area (Å²) in [6, 6.07) is 61.9. The molecular weight excluding hydrogens is 635 g/mol. The van der Waals surface area contributed by atoms with E-state index in [0.29, 0.717) is 5.82 Å². The van der Waals surface area contributed by atoms with Crippen molar-refractivity contribution >= 4 is 65.4 Å². The highest BCUT2D eigenvalue weighted by molar-refractivity contribution is 6.21. The molecule has 4 nitrogen and oxygen atoms in total. The van der Waals surface area contributed by atoms with Crippen molar-refractivity contribution in [2.75, 3.05) is 0 Å². The topological polar surface area (TPSA) is 43.9 Å². The van der Waals surface area contributed by atoms with Gasteiger partial charge >= 0.3 is 0 Å². The van der Waals surface area contributed by atoms with Crippen LogP contribution < -0.4 is 0 Å². The monoisotopic (exact) mass is 663 g/mol. The summed E-state index contributed by atoms with van der Waals surface area (Å²) in [6.45, 7) is 0. The highest BCUT2D eigenvalue weighted by Gasteiger charge is 2.21. The minimum absolute atomic E-state index is 0.668. The maximum atomic E-state index is 6.77. The number of hydrogen-bond donors (Lipinski definition) is 0. The molecular formula is C48H29N3O. The van der Waals surface area contributed by atoms with Crippen LogP contribution in [-0.2, 0) is 0 Å². The average Bonchev–Trinajstić information content (AvgIpc) is 3.77. The second-order valence-electron chi connectivity index (χ2n) is 13.4. The zero-order valence-corrected chi connectivity index (χ0v) is 28.0. The van der Waals surface area contributed by atoms with Gasteiger partial charge in [0.1, 0.15) is 11.2 Å². The van der Waals surface area contributed by atoms with Crippen molar-refractivity contribution in [3.8, 4) is 39.5 Å². The molecule has 0 unspecified atom stereocenters. The second-order valence-corrected chi connectivity index (χ2v) is 13.4. The fourth-order valence-electron chi connectivity index (χ4n) is 7.98. The van der Waals surface area contributed by atoms with E-state index in [2.05, 4.69) is 168 Å². The highest BCUT2D eigenvalue weighted by atomic mass is 16.3. The van der Waals surface area contributed by atoms with Gasteiger partial charge in [-0.15, -0.1) is 0 Å². The zero-order valence-electron chi connectivity index (χ0n) is 28.0. The van der Waals surface area contributed by atoms with Gasteiger partial charge in [0.25, 0.3) is 0 Å². The van der Waals surface area contributed by atoms with Crippen molar-refractivity contribution in [1.82, 2.24) is 14.5 Å². The number of benzene rings is 8. The maximum Gasteiger partial charge on any atom is 0.161 e. The van der Waals surface area contributed by atoms with E-state index in [1.165, 1.54) is 32.9 Å². The molecule has 4 heteroatoms. The van der Waals surface area contributed by atoms with E-state index in [1.54, 1.807) is 0 Å². The lowest BCUT2D eigenvalue weighted by atomic mass is 9.98. The number of aromatic nitrogens is 3. The van der Waals surface area contributed by atoms with Crippen LogP contribution in [0.2, 0.25) is 0 Å². The van der Waals surface area contributed by atoms with E-state index in [4.69, 9.17) is 14.4 Å². The predicted octanol–water partition coefficient (Wildman–Crippen LogP) is 12.8. The molecule has 52 heavy (non-hydrogen) atoms. The van der Waals surface area contributed by atoms with Crippen molar-refractivity contribution in [1.29, 1.82) is 0 Å². The third-order valence-electron chi connectivity index (χ3n) is 10.4. The van der Waals surface area contributed by atoms with E-state index in [0.717, 1.165) is 66.1 Å². The van der Waals surface area contributed by atoms with Crippen molar-refractivity contribution in [2.24, 2.45) is 0 Å². The fraction of sp³-hybridized carbons (Fsp3) is 0. The Bertz CT molecular complexity index is 3120. The Morgan fingerprint density at radius 2 is 1.06 bits per heavy atom. The minimum atomic E-state index is 0.668. The molecule has 3 heterocycles. The summed E-state index contributed by atoms with van der Waals surface area (Å²) in [5.74, 6) is 0.668. The summed E-state index contributed by atoms with van der Waals surface area (Å²) >= 11 is 0. The summed E-state index contributed by atoms with van der Waals surface area (Å²) in [7, 11) is 0. The average molecular weight is 664 g/mol. The van der Waals surface area contributed by atoms with Crippen molar-refractivity contribution in [3.05, 3.63) is 176 Å². The molecule has 0 saturated carbocycles. The van der Waals surface area contributed by atoms with Crippen LogP contribution >= 0.6 is 0 Å². The summed E-state index contributed by atoms with van der Waals surface area (Å²) in [6.07, 6.45) is 0. The SMILES string of the molecule is c1ccc(-c2ccc(-c3nc(-c4cc5ccccc5c5oc6ccc(-n7c8ccccc8c8ccccc87)cc6c45)nc4ccccc34)cc2)cc1. The fourth-order valence-corrected chi connectivity index (χ4v) is 7.98. The maximum absolute atomic E-state index is 6.77. The Labute approximate surface area is 298 Å². The third-order valence-corrected chi connectivity index (χ3v) is 10.4.